The van der Waals surface area contributed by atoms with Crippen molar-refractivity contribution >= 4 is 28.5 Å². The summed E-state index contributed by atoms with van der Waals surface area (Å²) in [6.45, 7) is -0.180. The van der Waals surface area contributed by atoms with Crippen molar-refractivity contribution in [2.24, 2.45) is 16.1 Å². The van der Waals surface area contributed by atoms with Crippen LogP contribution in [0.5, 0.6) is 5.88 Å². The second-order valence-corrected chi connectivity index (χ2v) is 8.35. The van der Waals surface area contributed by atoms with Gasteiger partial charge >= 0.3 is 5.97 Å². The van der Waals surface area contributed by atoms with Crippen molar-refractivity contribution in [3.63, 3.8) is 0 Å². The highest BCUT2D eigenvalue weighted by Crippen LogP contribution is 2.59. The van der Waals surface area contributed by atoms with Gasteiger partial charge in [-0.15, -0.1) is 10.2 Å². The van der Waals surface area contributed by atoms with Gasteiger partial charge in [-0.3, -0.25) is 14.2 Å². The predicted molar refractivity (Wildman–Crippen MR) is 127 cm³/mol. The molecule has 0 radical (unpaired) electrons. The molecule has 7 nitrogen and oxygen atoms in total. The zero-order valence-electron chi connectivity index (χ0n) is 18.6. The molecule has 1 heterocycles. The summed E-state index contributed by atoms with van der Waals surface area (Å²) in [4.78, 5) is 25.0. The van der Waals surface area contributed by atoms with E-state index in [2.05, 4.69) is 10.2 Å². The molecular weight excluding hydrogens is 430 g/mol. The van der Waals surface area contributed by atoms with Gasteiger partial charge in [0.25, 0.3) is 5.91 Å². The van der Waals surface area contributed by atoms with Crippen LogP contribution < -0.4 is 0 Å². The smallest absolute Gasteiger partial charge is 0.325 e. The molecule has 0 aliphatic heterocycles. The summed E-state index contributed by atoms with van der Waals surface area (Å²) in [5.41, 5.74) is 2.43. The lowest BCUT2D eigenvalue weighted by Gasteiger charge is -2.17. The van der Waals surface area contributed by atoms with Gasteiger partial charge in [-0.1, -0.05) is 78.9 Å². The summed E-state index contributed by atoms with van der Waals surface area (Å²) in [7, 11) is 1.28. The van der Waals surface area contributed by atoms with Crippen molar-refractivity contribution in [3.8, 4) is 5.88 Å². The Morgan fingerprint density at radius 2 is 1.56 bits per heavy atom. The highest BCUT2D eigenvalue weighted by molar-refractivity contribution is 5.96. The van der Waals surface area contributed by atoms with E-state index in [-0.39, 0.29) is 29.9 Å². The lowest BCUT2D eigenvalue weighted by atomic mass is 9.85. The monoisotopic (exact) mass is 453 g/mol. The van der Waals surface area contributed by atoms with Crippen LogP contribution in [0.15, 0.2) is 95.2 Å². The minimum Gasteiger partial charge on any atom is -0.493 e. The van der Waals surface area contributed by atoms with Crippen LogP contribution in [0.4, 0.5) is 5.69 Å². The van der Waals surface area contributed by atoms with Gasteiger partial charge in [-0.25, -0.2) is 0 Å². The van der Waals surface area contributed by atoms with E-state index in [9.17, 15) is 14.7 Å². The third-order valence-electron chi connectivity index (χ3n) is 6.52. The summed E-state index contributed by atoms with van der Waals surface area (Å²) >= 11 is 0. The number of rotatable bonds is 6. The van der Waals surface area contributed by atoms with Gasteiger partial charge in [0.05, 0.1) is 18.5 Å². The molecule has 5 rings (SSSR count). The molecule has 1 fully saturated rings. The zero-order valence-corrected chi connectivity index (χ0v) is 18.6. The fourth-order valence-corrected chi connectivity index (χ4v) is 4.73. The lowest BCUT2D eigenvalue weighted by Crippen LogP contribution is -2.16. The van der Waals surface area contributed by atoms with Crippen LogP contribution in [0.2, 0.25) is 0 Å². The van der Waals surface area contributed by atoms with Crippen molar-refractivity contribution < 1.29 is 19.4 Å². The van der Waals surface area contributed by atoms with Gasteiger partial charge in [-0.2, -0.15) is 0 Å². The van der Waals surface area contributed by atoms with E-state index in [0.29, 0.717) is 17.3 Å². The summed E-state index contributed by atoms with van der Waals surface area (Å²) in [5.74, 6) is -1.45. The second-order valence-electron chi connectivity index (χ2n) is 8.35. The Bertz CT molecular complexity index is 1350. The van der Waals surface area contributed by atoms with Crippen molar-refractivity contribution in [3.05, 3.63) is 96.1 Å². The molecule has 1 saturated carbocycles. The summed E-state index contributed by atoms with van der Waals surface area (Å²) < 4.78 is 6.13. The first-order valence-electron chi connectivity index (χ1n) is 11.0. The number of carbonyl (C=O) groups is 2. The van der Waals surface area contributed by atoms with Crippen LogP contribution in [0.1, 0.15) is 17.5 Å². The number of para-hydroxylation sites is 1. The minimum atomic E-state index is -0.510. The Hall–Kier alpha value is -4.26. The molecule has 0 spiro atoms. The first kappa shape index (κ1) is 21.6. The largest absolute Gasteiger partial charge is 0.493 e. The lowest BCUT2D eigenvalue weighted by molar-refractivity contribution is -0.141. The topological polar surface area (TPSA) is 93.2 Å². The van der Waals surface area contributed by atoms with Crippen LogP contribution in [0, 0.1) is 5.92 Å². The third kappa shape index (κ3) is 3.55. The highest BCUT2D eigenvalue weighted by Gasteiger charge is 2.60. The molecule has 3 aromatic carbocycles. The number of amides is 1. The number of methoxy groups -OCH3 is 1. The number of aromatic nitrogens is 1. The van der Waals surface area contributed by atoms with Crippen LogP contribution in [0.3, 0.4) is 0 Å². The Morgan fingerprint density at radius 1 is 0.971 bits per heavy atom. The predicted octanol–water partition coefficient (Wildman–Crippen LogP) is 5.14. The van der Waals surface area contributed by atoms with E-state index in [1.165, 1.54) is 11.7 Å². The molecule has 7 heteroatoms. The fraction of sp³-hybridized carbons (Fsp3) is 0.185. The summed E-state index contributed by atoms with van der Waals surface area (Å²) in [5, 5.41) is 19.5. The average molecular weight is 453 g/mol. The first-order chi connectivity index (χ1) is 16.6. The van der Waals surface area contributed by atoms with Crippen LogP contribution in [-0.4, -0.2) is 28.7 Å². The van der Waals surface area contributed by atoms with Gasteiger partial charge in [-0.05, 0) is 23.6 Å². The Labute approximate surface area is 196 Å². The van der Waals surface area contributed by atoms with Crippen molar-refractivity contribution in [2.75, 3.05) is 7.11 Å². The number of hydrogen-bond acceptors (Lipinski definition) is 5. The van der Waals surface area contributed by atoms with Gasteiger partial charge < -0.3 is 9.84 Å². The van der Waals surface area contributed by atoms with Crippen molar-refractivity contribution in [1.82, 2.24) is 4.57 Å². The molecule has 0 saturated heterocycles. The van der Waals surface area contributed by atoms with E-state index in [1.807, 2.05) is 60.7 Å². The zero-order chi connectivity index (χ0) is 23.7. The molecule has 170 valence electrons. The molecule has 0 bridgehead atoms. The van der Waals surface area contributed by atoms with Crippen LogP contribution in [0.25, 0.3) is 10.9 Å². The van der Waals surface area contributed by atoms with Crippen LogP contribution in [-0.2, 0) is 26.3 Å². The molecule has 34 heavy (non-hydrogen) atoms. The Morgan fingerprint density at radius 3 is 2.18 bits per heavy atom. The fourth-order valence-electron chi connectivity index (χ4n) is 4.73. The molecule has 1 aromatic heterocycles. The number of fused-ring (bicyclic) bond motifs is 1. The maximum atomic E-state index is 13.2. The number of nitrogens with zero attached hydrogens (tertiary/aromatic N) is 3. The Balaban J connectivity index is 1.49. The molecule has 1 amide bonds. The van der Waals surface area contributed by atoms with E-state index in [1.54, 1.807) is 24.3 Å². The number of hydrogen-bond donors (Lipinski definition) is 1. The second kappa shape index (κ2) is 8.59. The minimum absolute atomic E-state index is 0.151. The van der Waals surface area contributed by atoms with E-state index >= 15 is 0 Å². The number of esters is 1. The number of ether oxygens (including phenoxy) is 1. The van der Waals surface area contributed by atoms with Gasteiger partial charge in [0.1, 0.15) is 6.54 Å². The number of azo groups is 1. The molecule has 4 aromatic rings. The number of benzene rings is 3. The van der Waals surface area contributed by atoms with Gasteiger partial charge in [0, 0.05) is 10.8 Å². The van der Waals surface area contributed by atoms with Crippen molar-refractivity contribution in [2.45, 2.75) is 18.4 Å². The first-order valence-corrected chi connectivity index (χ1v) is 11.0. The molecule has 1 aliphatic carbocycles. The van der Waals surface area contributed by atoms with E-state index in [4.69, 9.17) is 4.74 Å². The molecule has 1 atom stereocenters. The number of aromatic hydroxyl groups is 1. The van der Waals surface area contributed by atoms with E-state index in [0.717, 1.165) is 11.1 Å². The van der Waals surface area contributed by atoms with Gasteiger partial charge in [0.15, 0.2) is 5.69 Å². The number of carbonyl (C=O) groups excluding carboxylic acids is 2. The molecule has 1 unspecified atom stereocenters. The Kier molecular flexibility index (Phi) is 5.45. The SMILES string of the molecule is COC(=O)Cn1c(O)c(N=NC(=O)C2CC2(c2ccccc2)c2ccccc2)c2ccccc21. The highest BCUT2D eigenvalue weighted by atomic mass is 16.5. The maximum Gasteiger partial charge on any atom is 0.325 e. The van der Waals surface area contributed by atoms with Gasteiger partial charge in [0.2, 0.25) is 5.88 Å². The molecule has 1 N–H and O–H groups in total. The average Bonchev–Trinajstić information content (AvgIpc) is 3.60. The maximum absolute atomic E-state index is 13.2. The standard InChI is InChI=1S/C27H23N3O4/c1-34-23(31)17-30-22-15-9-8-14-20(22)24(26(30)33)28-29-25(32)21-16-27(21,18-10-4-2-5-11-18)19-12-6-3-7-13-19/h2-15,21,33H,16-17H2,1H3. The normalized spacial score (nSPS) is 16.6. The quantitative estimate of drug-likeness (QED) is 0.323. The third-order valence-corrected chi connectivity index (χ3v) is 6.52. The molecular formula is C27H23N3O4. The summed E-state index contributed by atoms with van der Waals surface area (Å²) in [6, 6.07) is 27.0. The van der Waals surface area contributed by atoms with Crippen molar-refractivity contribution in [1.29, 1.82) is 0 Å². The summed E-state index contributed by atoms with van der Waals surface area (Å²) in [6.07, 6.45) is 0.634. The van der Waals surface area contributed by atoms with E-state index < -0.39 is 11.4 Å². The molecule has 1 aliphatic rings. The van der Waals surface area contributed by atoms with Crippen LogP contribution >= 0.6 is 0 Å².